The van der Waals surface area contributed by atoms with Gasteiger partial charge in [-0.3, -0.25) is 9.48 Å². The molecule has 1 aliphatic heterocycles. The Kier molecular flexibility index (Phi) is 3.84. The third kappa shape index (κ3) is 2.61. The van der Waals surface area contributed by atoms with Gasteiger partial charge in [0.1, 0.15) is 11.4 Å². The van der Waals surface area contributed by atoms with E-state index in [0.29, 0.717) is 29.6 Å². The van der Waals surface area contributed by atoms with Crippen LogP contribution in [-0.2, 0) is 6.54 Å². The maximum absolute atomic E-state index is 12.7. The van der Waals surface area contributed by atoms with Gasteiger partial charge in [0, 0.05) is 6.54 Å². The van der Waals surface area contributed by atoms with Crippen LogP contribution < -0.4 is 10.1 Å². The number of nitrogens with zero attached hydrogens (tertiary/aromatic N) is 2. The molecule has 3 rings (SSSR count). The monoisotopic (exact) mass is 305 g/mol. The summed E-state index contributed by atoms with van der Waals surface area (Å²) in [6, 6.07) is 7.56. The zero-order valence-electron chi connectivity index (χ0n) is 11.7. The van der Waals surface area contributed by atoms with Crippen molar-refractivity contribution in [1.29, 1.82) is 0 Å². The highest BCUT2D eigenvalue weighted by Crippen LogP contribution is 2.30. The number of carbonyl (C=O) groups is 1. The largest absolute Gasteiger partial charge is 0.478 e. The van der Waals surface area contributed by atoms with Crippen LogP contribution in [0.3, 0.4) is 0 Å². The Balaban J connectivity index is 1.85. The molecule has 1 aromatic heterocycles. The summed E-state index contributed by atoms with van der Waals surface area (Å²) in [4.78, 5) is 12.7. The predicted octanol–water partition coefficient (Wildman–Crippen LogP) is 3.00. The van der Waals surface area contributed by atoms with Gasteiger partial charge in [-0.25, -0.2) is 0 Å². The SMILES string of the molecule is CCCn1ncc(Cl)c1C(=O)C1CNc2ccccc2O1. The Labute approximate surface area is 127 Å². The van der Waals surface area contributed by atoms with Crippen LogP contribution in [0.1, 0.15) is 23.8 Å². The fourth-order valence-electron chi connectivity index (χ4n) is 2.40. The third-order valence-electron chi connectivity index (χ3n) is 3.39. The molecule has 5 nitrogen and oxygen atoms in total. The summed E-state index contributed by atoms with van der Waals surface area (Å²) in [5.74, 6) is 0.535. The quantitative estimate of drug-likeness (QED) is 0.882. The number of aryl methyl sites for hydroxylation is 1. The number of benzene rings is 1. The molecule has 1 aromatic carbocycles. The van der Waals surface area contributed by atoms with Crippen molar-refractivity contribution >= 4 is 23.1 Å². The van der Waals surface area contributed by atoms with Crippen LogP contribution in [0.5, 0.6) is 5.75 Å². The molecule has 0 fully saturated rings. The number of aromatic nitrogens is 2. The number of halogens is 1. The minimum atomic E-state index is -0.593. The van der Waals surface area contributed by atoms with Gasteiger partial charge in [-0.05, 0) is 18.6 Å². The van der Waals surface area contributed by atoms with Crippen molar-refractivity contribution in [3.63, 3.8) is 0 Å². The van der Waals surface area contributed by atoms with Crippen LogP contribution in [-0.4, -0.2) is 28.2 Å². The highest BCUT2D eigenvalue weighted by Gasteiger charge is 2.30. The lowest BCUT2D eigenvalue weighted by molar-refractivity contribution is 0.0790. The van der Waals surface area contributed by atoms with E-state index in [-0.39, 0.29) is 5.78 Å². The molecule has 0 saturated carbocycles. The van der Waals surface area contributed by atoms with Gasteiger partial charge in [0.2, 0.25) is 5.78 Å². The number of ketones is 1. The molecule has 2 aromatic rings. The van der Waals surface area contributed by atoms with Crippen molar-refractivity contribution in [3.05, 3.63) is 41.2 Å². The van der Waals surface area contributed by atoms with E-state index < -0.39 is 6.10 Å². The maximum atomic E-state index is 12.7. The molecule has 2 heterocycles. The summed E-state index contributed by atoms with van der Waals surface area (Å²) < 4.78 is 7.44. The molecule has 1 aliphatic rings. The second-order valence-electron chi connectivity index (χ2n) is 4.91. The lowest BCUT2D eigenvalue weighted by Gasteiger charge is -2.26. The summed E-state index contributed by atoms with van der Waals surface area (Å²) in [6.07, 6.45) is 1.80. The van der Waals surface area contributed by atoms with Crippen LogP contribution >= 0.6 is 11.6 Å². The van der Waals surface area contributed by atoms with Gasteiger partial charge >= 0.3 is 0 Å². The van der Waals surface area contributed by atoms with E-state index in [0.717, 1.165) is 12.1 Å². The molecule has 110 valence electrons. The van der Waals surface area contributed by atoms with Crippen LogP contribution in [0.15, 0.2) is 30.5 Å². The second kappa shape index (κ2) is 5.77. The first-order valence-electron chi connectivity index (χ1n) is 6.95. The standard InChI is InChI=1S/C15H16ClN3O2/c1-2-7-19-14(10(16)8-18-19)15(20)13-9-17-11-5-3-4-6-12(11)21-13/h3-6,8,13,17H,2,7,9H2,1H3. The fourth-order valence-corrected chi connectivity index (χ4v) is 2.63. The Morgan fingerprint density at radius 3 is 3.14 bits per heavy atom. The van der Waals surface area contributed by atoms with E-state index in [1.165, 1.54) is 6.20 Å². The number of para-hydroxylation sites is 2. The molecular formula is C15H16ClN3O2. The van der Waals surface area contributed by atoms with Gasteiger partial charge in [0.25, 0.3) is 0 Å². The first-order chi connectivity index (χ1) is 10.2. The number of hydrogen-bond donors (Lipinski definition) is 1. The summed E-state index contributed by atoms with van der Waals surface area (Å²) >= 11 is 6.11. The third-order valence-corrected chi connectivity index (χ3v) is 3.67. The average Bonchev–Trinajstić information content (AvgIpc) is 2.87. The number of rotatable bonds is 4. The average molecular weight is 306 g/mol. The molecule has 1 atom stereocenters. The molecule has 0 spiro atoms. The summed E-state index contributed by atoms with van der Waals surface area (Å²) in [6.45, 7) is 3.10. The number of Topliss-reactive ketones (excluding diaryl/α,β-unsaturated/α-hetero) is 1. The lowest BCUT2D eigenvalue weighted by Crippen LogP contribution is -2.38. The summed E-state index contributed by atoms with van der Waals surface area (Å²) in [5.41, 5.74) is 1.32. The number of hydrogen-bond acceptors (Lipinski definition) is 4. The van der Waals surface area contributed by atoms with Gasteiger partial charge in [-0.15, -0.1) is 0 Å². The highest BCUT2D eigenvalue weighted by atomic mass is 35.5. The number of carbonyl (C=O) groups excluding carboxylic acids is 1. The minimum absolute atomic E-state index is 0.145. The van der Waals surface area contributed by atoms with Crippen LogP contribution in [0.2, 0.25) is 5.02 Å². The summed E-state index contributed by atoms with van der Waals surface area (Å²) in [5, 5.41) is 7.73. The number of ether oxygens (including phenoxy) is 1. The molecule has 0 radical (unpaired) electrons. The predicted molar refractivity (Wildman–Crippen MR) is 81.2 cm³/mol. The zero-order valence-corrected chi connectivity index (χ0v) is 12.4. The molecular weight excluding hydrogens is 290 g/mol. The van der Waals surface area contributed by atoms with E-state index in [1.54, 1.807) is 4.68 Å². The minimum Gasteiger partial charge on any atom is -0.478 e. The van der Waals surface area contributed by atoms with Gasteiger partial charge in [0.15, 0.2) is 6.10 Å². The van der Waals surface area contributed by atoms with Crippen LogP contribution in [0, 0.1) is 0 Å². The van der Waals surface area contributed by atoms with E-state index in [4.69, 9.17) is 16.3 Å². The Morgan fingerprint density at radius 2 is 2.33 bits per heavy atom. The van der Waals surface area contributed by atoms with Crippen molar-refractivity contribution in [2.45, 2.75) is 26.0 Å². The molecule has 1 N–H and O–H groups in total. The second-order valence-corrected chi connectivity index (χ2v) is 5.32. The van der Waals surface area contributed by atoms with E-state index >= 15 is 0 Å². The highest BCUT2D eigenvalue weighted by molar-refractivity contribution is 6.33. The molecule has 1 unspecified atom stereocenters. The van der Waals surface area contributed by atoms with Crippen LogP contribution in [0.4, 0.5) is 5.69 Å². The number of fused-ring (bicyclic) bond motifs is 1. The van der Waals surface area contributed by atoms with Gasteiger partial charge in [-0.2, -0.15) is 5.10 Å². The summed E-state index contributed by atoms with van der Waals surface area (Å²) in [7, 11) is 0. The van der Waals surface area contributed by atoms with Gasteiger partial charge in [0.05, 0.1) is 23.5 Å². The van der Waals surface area contributed by atoms with Crippen molar-refractivity contribution < 1.29 is 9.53 Å². The van der Waals surface area contributed by atoms with E-state index in [1.807, 2.05) is 31.2 Å². The Hall–Kier alpha value is -2.01. The Morgan fingerprint density at radius 1 is 1.52 bits per heavy atom. The molecule has 0 saturated heterocycles. The lowest BCUT2D eigenvalue weighted by atomic mass is 10.1. The van der Waals surface area contributed by atoms with E-state index in [2.05, 4.69) is 10.4 Å². The molecule has 0 aliphatic carbocycles. The van der Waals surface area contributed by atoms with Crippen molar-refractivity contribution in [3.8, 4) is 5.75 Å². The fraction of sp³-hybridized carbons (Fsp3) is 0.333. The normalized spacial score (nSPS) is 16.8. The van der Waals surface area contributed by atoms with E-state index in [9.17, 15) is 4.79 Å². The zero-order chi connectivity index (χ0) is 14.8. The molecule has 6 heteroatoms. The molecule has 21 heavy (non-hydrogen) atoms. The van der Waals surface area contributed by atoms with Gasteiger partial charge in [-0.1, -0.05) is 30.7 Å². The van der Waals surface area contributed by atoms with Crippen LogP contribution in [0.25, 0.3) is 0 Å². The van der Waals surface area contributed by atoms with Crippen molar-refractivity contribution in [2.24, 2.45) is 0 Å². The first-order valence-corrected chi connectivity index (χ1v) is 7.33. The van der Waals surface area contributed by atoms with Gasteiger partial charge < -0.3 is 10.1 Å². The maximum Gasteiger partial charge on any atom is 0.224 e. The number of anilines is 1. The number of nitrogens with one attached hydrogen (secondary N) is 1. The smallest absolute Gasteiger partial charge is 0.224 e. The first kappa shape index (κ1) is 13.9. The molecule has 0 bridgehead atoms. The molecule has 0 amide bonds. The Bertz CT molecular complexity index is 669. The van der Waals surface area contributed by atoms with Crippen molar-refractivity contribution in [2.75, 3.05) is 11.9 Å². The van der Waals surface area contributed by atoms with Crippen molar-refractivity contribution in [1.82, 2.24) is 9.78 Å². The topological polar surface area (TPSA) is 56.2 Å².